The van der Waals surface area contributed by atoms with Crippen LogP contribution in [0, 0.1) is 5.92 Å². The highest BCUT2D eigenvalue weighted by atomic mass is 35.5. The van der Waals surface area contributed by atoms with Crippen LogP contribution in [-0.4, -0.2) is 25.7 Å². The molecule has 1 unspecified atom stereocenters. The summed E-state index contributed by atoms with van der Waals surface area (Å²) in [4.78, 5) is 11.7. The monoisotopic (exact) mass is 281 g/mol. The van der Waals surface area contributed by atoms with Crippen molar-refractivity contribution in [2.75, 3.05) is 19.6 Å². The Labute approximate surface area is 118 Å². The van der Waals surface area contributed by atoms with Gasteiger partial charge in [-0.2, -0.15) is 0 Å². The van der Waals surface area contributed by atoms with Gasteiger partial charge in [-0.3, -0.25) is 0 Å². The standard InChI is InChI=1S/C14H20ClN3O/c15-13-5-3-11(4-6-13)9-17-14(19)18-10-12-2-1-7-16-8-12/h3-6,12,16H,1-2,7-10H2,(H2,17,18,19). The molecule has 1 aromatic carbocycles. The van der Waals surface area contributed by atoms with Crippen LogP contribution >= 0.6 is 11.6 Å². The normalized spacial score (nSPS) is 18.9. The second-order valence-corrected chi connectivity index (χ2v) is 5.34. The maximum atomic E-state index is 11.7. The van der Waals surface area contributed by atoms with Gasteiger partial charge >= 0.3 is 6.03 Å². The molecule has 2 rings (SSSR count). The van der Waals surface area contributed by atoms with E-state index in [2.05, 4.69) is 16.0 Å². The smallest absolute Gasteiger partial charge is 0.315 e. The highest BCUT2D eigenvalue weighted by molar-refractivity contribution is 6.30. The SMILES string of the molecule is O=C(NCc1ccc(Cl)cc1)NCC1CCCNC1. The Kier molecular flexibility index (Phi) is 5.48. The number of halogens is 1. The van der Waals surface area contributed by atoms with E-state index < -0.39 is 0 Å². The van der Waals surface area contributed by atoms with E-state index in [9.17, 15) is 4.79 Å². The molecule has 0 spiro atoms. The van der Waals surface area contributed by atoms with Crippen LogP contribution in [0.4, 0.5) is 4.79 Å². The van der Waals surface area contributed by atoms with Crippen molar-refractivity contribution < 1.29 is 4.79 Å². The van der Waals surface area contributed by atoms with Crippen molar-refractivity contribution in [3.63, 3.8) is 0 Å². The van der Waals surface area contributed by atoms with E-state index in [0.29, 0.717) is 17.5 Å². The fourth-order valence-corrected chi connectivity index (χ4v) is 2.31. The summed E-state index contributed by atoms with van der Waals surface area (Å²) in [6.45, 7) is 3.35. The Balaban J connectivity index is 1.65. The van der Waals surface area contributed by atoms with Crippen LogP contribution in [0.1, 0.15) is 18.4 Å². The molecule has 1 aromatic rings. The van der Waals surface area contributed by atoms with Gasteiger partial charge in [-0.05, 0) is 49.5 Å². The van der Waals surface area contributed by atoms with Crippen molar-refractivity contribution in [2.45, 2.75) is 19.4 Å². The van der Waals surface area contributed by atoms with Crippen molar-refractivity contribution in [1.82, 2.24) is 16.0 Å². The molecule has 0 radical (unpaired) electrons. The fourth-order valence-electron chi connectivity index (χ4n) is 2.18. The molecule has 1 aliphatic heterocycles. The topological polar surface area (TPSA) is 53.2 Å². The van der Waals surface area contributed by atoms with E-state index in [0.717, 1.165) is 25.2 Å². The van der Waals surface area contributed by atoms with Crippen LogP contribution in [-0.2, 0) is 6.54 Å². The summed E-state index contributed by atoms with van der Waals surface area (Å²) in [5.41, 5.74) is 1.04. The predicted octanol–water partition coefficient (Wildman–Crippen LogP) is 2.14. The molecule has 1 atom stereocenters. The number of hydrogen-bond acceptors (Lipinski definition) is 2. The van der Waals surface area contributed by atoms with Crippen molar-refractivity contribution in [3.05, 3.63) is 34.9 Å². The first-order chi connectivity index (χ1) is 9.24. The molecule has 2 amide bonds. The average molecular weight is 282 g/mol. The molecule has 4 nitrogen and oxygen atoms in total. The van der Waals surface area contributed by atoms with Crippen LogP contribution in [0.2, 0.25) is 5.02 Å². The molecule has 1 heterocycles. The second-order valence-electron chi connectivity index (χ2n) is 4.90. The van der Waals surface area contributed by atoms with E-state index >= 15 is 0 Å². The van der Waals surface area contributed by atoms with E-state index in [1.165, 1.54) is 12.8 Å². The number of carbonyl (C=O) groups is 1. The Morgan fingerprint density at radius 3 is 2.79 bits per heavy atom. The minimum atomic E-state index is -0.111. The zero-order valence-electron chi connectivity index (χ0n) is 10.9. The lowest BCUT2D eigenvalue weighted by Gasteiger charge is -2.22. The molecule has 3 N–H and O–H groups in total. The van der Waals surface area contributed by atoms with Gasteiger partial charge in [0.1, 0.15) is 0 Å². The van der Waals surface area contributed by atoms with Gasteiger partial charge in [0, 0.05) is 18.1 Å². The number of hydrogen-bond donors (Lipinski definition) is 3. The molecule has 0 aliphatic carbocycles. The summed E-state index contributed by atoms with van der Waals surface area (Å²) >= 11 is 5.80. The molecule has 5 heteroatoms. The quantitative estimate of drug-likeness (QED) is 0.792. The fraction of sp³-hybridized carbons (Fsp3) is 0.500. The molecule has 1 fully saturated rings. The highest BCUT2D eigenvalue weighted by Crippen LogP contribution is 2.09. The van der Waals surface area contributed by atoms with E-state index in [4.69, 9.17) is 11.6 Å². The summed E-state index contributed by atoms with van der Waals surface area (Å²) in [7, 11) is 0. The summed E-state index contributed by atoms with van der Waals surface area (Å²) < 4.78 is 0. The number of urea groups is 1. The Morgan fingerprint density at radius 1 is 1.32 bits per heavy atom. The molecule has 19 heavy (non-hydrogen) atoms. The minimum Gasteiger partial charge on any atom is -0.338 e. The number of carbonyl (C=O) groups excluding carboxylic acids is 1. The first kappa shape index (κ1) is 14.2. The van der Waals surface area contributed by atoms with Gasteiger partial charge < -0.3 is 16.0 Å². The predicted molar refractivity (Wildman–Crippen MR) is 77.3 cm³/mol. The van der Waals surface area contributed by atoms with Gasteiger partial charge in [-0.15, -0.1) is 0 Å². The highest BCUT2D eigenvalue weighted by Gasteiger charge is 2.13. The van der Waals surface area contributed by atoms with Gasteiger partial charge in [-0.1, -0.05) is 23.7 Å². The Hall–Kier alpha value is -1.26. The molecule has 0 saturated carbocycles. The third kappa shape index (κ3) is 5.09. The largest absolute Gasteiger partial charge is 0.338 e. The van der Waals surface area contributed by atoms with E-state index in [1.807, 2.05) is 24.3 Å². The van der Waals surface area contributed by atoms with Crippen molar-refractivity contribution >= 4 is 17.6 Å². The lowest BCUT2D eigenvalue weighted by molar-refractivity contribution is 0.236. The number of amides is 2. The summed E-state index contributed by atoms with van der Waals surface area (Å²) in [6.07, 6.45) is 2.38. The van der Waals surface area contributed by atoms with Crippen molar-refractivity contribution in [2.24, 2.45) is 5.92 Å². The van der Waals surface area contributed by atoms with Gasteiger partial charge in [0.05, 0.1) is 0 Å². The molecular formula is C14H20ClN3O. The van der Waals surface area contributed by atoms with Crippen LogP contribution in [0.25, 0.3) is 0 Å². The number of rotatable bonds is 4. The Morgan fingerprint density at radius 2 is 2.11 bits per heavy atom. The third-order valence-electron chi connectivity index (χ3n) is 3.32. The zero-order valence-corrected chi connectivity index (χ0v) is 11.7. The first-order valence-corrected chi connectivity index (χ1v) is 7.08. The van der Waals surface area contributed by atoms with Crippen LogP contribution in [0.15, 0.2) is 24.3 Å². The number of nitrogens with one attached hydrogen (secondary N) is 3. The second kappa shape index (κ2) is 7.36. The van der Waals surface area contributed by atoms with E-state index in [1.54, 1.807) is 0 Å². The molecule has 1 aliphatic rings. The van der Waals surface area contributed by atoms with Gasteiger partial charge in [0.15, 0.2) is 0 Å². The maximum absolute atomic E-state index is 11.7. The van der Waals surface area contributed by atoms with Crippen LogP contribution in [0.3, 0.4) is 0 Å². The minimum absolute atomic E-state index is 0.111. The van der Waals surface area contributed by atoms with E-state index in [-0.39, 0.29) is 6.03 Å². The third-order valence-corrected chi connectivity index (χ3v) is 3.57. The summed E-state index contributed by atoms with van der Waals surface area (Å²) in [5.74, 6) is 0.551. The lowest BCUT2D eigenvalue weighted by atomic mass is 10.00. The molecule has 0 aromatic heterocycles. The molecular weight excluding hydrogens is 262 g/mol. The number of piperidine rings is 1. The average Bonchev–Trinajstić information content (AvgIpc) is 2.45. The molecule has 104 valence electrons. The van der Waals surface area contributed by atoms with Crippen molar-refractivity contribution in [3.8, 4) is 0 Å². The maximum Gasteiger partial charge on any atom is 0.315 e. The molecule has 0 bridgehead atoms. The van der Waals surface area contributed by atoms with Crippen LogP contribution in [0.5, 0.6) is 0 Å². The molecule has 1 saturated heterocycles. The lowest BCUT2D eigenvalue weighted by Crippen LogP contribution is -2.41. The Bertz CT molecular complexity index is 402. The number of benzene rings is 1. The summed E-state index contributed by atoms with van der Waals surface area (Å²) in [6, 6.07) is 7.36. The van der Waals surface area contributed by atoms with Crippen molar-refractivity contribution in [1.29, 1.82) is 0 Å². The zero-order chi connectivity index (χ0) is 13.5. The van der Waals surface area contributed by atoms with Gasteiger partial charge in [-0.25, -0.2) is 4.79 Å². The van der Waals surface area contributed by atoms with Crippen LogP contribution < -0.4 is 16.0 Å². The van der Waals surface area contributed by atoms with Gasteiger partial charge in [0.2, 0.25) is 0 Å². The first-order valence-electron chi connectivity index (χ1n) is 6.71. The summed E-state index contributed by atoms with van der Waals surface area (Å²) in [5, 5.41) is 9.81. The van der Waals surface area contributed by atoms with Gasteiger partial charge in [0.25, 0.3) is 0 Å².